The molecular formula is C11H19N5O2. The fourth-order valence-corrected chi connectivity index (χ4v) is 1.53. The molecule has 1 rings (SSSR count). The molecule has 0 aliphatic rings. The zero-order chi connectivity index (χ0) is 13.7. The molecule has 0 bridgehead atoms. The van der Waals surface area contributed by atoms with Crippen LogP contribution >= 0.6 is 0 Å². The molecule has 4 N–H and O–H groups in total. The average Bonchev–Trinajstić information content (AvgIpc) is 2.68. The molecule has 7 heteroatoms. The minimum atomic E-state index is -0.331. The van der Waals surface area contributed by atoms with Crippen molar-refractivity contribution in [1.29, 1.82) is 0 Å². The van der Waals surface area contributed by atoms with E-state index >= 15 is 0 Å². The minimum absolute atomic E-state index is 0.00845. The van der Waals surface area contributed by atoms with Crippen LogP contribution < -0.4 is 11.1 Å². The average molecular weight is 253 g/mol. The number of H-pyrrole nitrogens is 1. The van der Waals surface area contributed by atoms with Gasteiger partial charge in [0.1, 0.15) is 0 Å². The van der Waals surface area contributed by atoms with Crippen LogP contribution in [0.2, 0.25) is 0 Å². The van der Waals surface area contributed by atoms with E-state index in [-0.39, 0.29) is 24.1 Å². The van der Waals surface area contributed by atoms with Crippen LogP contribution in [0, 0.1) is 6.92 Å². The van der Waals surface area contributed by atoms with Crippen LogP contribution in [0.3, 0.4) is 0 Å². The van der Waals surface area contributed by atoms with Gasteiger partial charge in [-0.1, -0.05) is 6.92 Å². The monoisotopic (exact) mass is 253 g/mol. The SMILES string of the molecule is CCCN(CC(=O)NC)C(=O)c1n[nH]c(C)c1N. The molecule has 0 aliphatic heterocycles. The van der Waals surface area contributed by atoms with Gasteiger partial charge in [-0.3, -0.25) is 14.7 Å². The largest absolute Gasteiger partial charge is 0.395 e. The van der Waals surface area contributed by atoms with E-state index < -0.39 is 0 Å². The number of hydrogen-bond acceptors (Lipinski definition) is 4. The molecule has 0 spiro atoms. The number of amides is 2. The lowest BCUT2D eigenvalue weighted by Crippen LogP contribution is -2.40. The number of aryl methyl sites for hydroxylation is 1. The maximum Gasteiger partial charge on any atom is 0.276 e. The molecule has 0 atom stereocenters. The van der Waals surface area contributed by atoms with E-state index in [9.17, 15) is 9.59 Å². The van der Waals surface area contributed by atoms with Crippen LogP contribution in [0.15, 0.2) is 0 Å². The highest BCUT2D eigenvalue weighted by Gasteiger charge is 2.22. The lowest BCUT2D eigenvalue weighted by atomic mass is 10.2. The quantitative estimate of drug-likeness (QED) is 0.681. The van der Waals surface area contributed by atoms with Crippen molar-refractivity contribution in [3.8, 4) is 0 Å². The van der Waals surface area contributed by atoms with Gasteiger partial charge in [-0.2, -0.15) is 5.10 Å². The van der Waals surface area contributed by atoms with Crippen molar-refractivity contribution in [2.24, 2.45) is 0 Å². The van der Waals surface area contributed by atoms with Gasteiger partial charge < -0.3 is 16.0 Å². The first kappa shape index (κ1) is 14.0. The van der Waals surface area contributed by atoms with Crippen molar-refractivity contribution in [2.75, 3.05) is 25.9 Å². The Kier molecular flexibility index (Phi) is 4.70. The number of hydrogen-bond donors (Lipinski definition) is 3. The number of anilines is 1. The van der Waals surface area contributed by atoms with Gasteiger partial charge in [0.15, 0.2) is 5.69 Å². The first-order chi connectivity index (χ1) is 8.51. The van der Waals surface area contributed by atoms with Gasteiger partial charge in [0.05, 0.1) is 17.9 Å². The Hall–Kier alpha value is -2.05. The summed E-state index contributed by atoms with van der Waals surface area (Å²) in [6.07, 6.45) is 0.756. The van der Waals surface area contributed by atoms with E-state index in [0.717, 1.165) is 6.42 Å². The molecule has 0 saturated carbocycles. The van der Waals surface area contributed by atoms with Crippen molar-refractivity contribution in [3.63, 3.8) is 0 Å². The predicted octanol–water partition coefficient (Wildman–Crippen LogP) is -0.101. The summed E-state index contributed by atoms with van der Waals surface area (Å²) in [5, 5.41) is 9.03. The topological polar surface area (TPSA) is 104 Å². The molecule has 0 fully saturated rings. The third-order valence-corrected chi connectivity index (χ3v) is 2.59. The first-order valence-corrected chi connectivity index (χ1v) is 5.81. The fraction of sp³-hybridized carbons (Fsp3) is 0.545. The van der Waals surface area contributed by atoms with Gasteiger partial charge in [-0.05, 0) is 13.3 Å². The van der Waals surface area contributed by atoms with E-state index in [1.807, 2.05) is 6.92 Å². The second-order valence-corrected chi connectivity index (χ2v) is 4.01. The minimum Gasteiger partial charge on any atom is -0.395 e. The molecular weight excluding hydrogens is 234 g/mol. The highest BCUT2D eigenvalue weighted by atomic mass is 16.2. The van der Waals surface area contributed by atoms with Crippen LogP contribution in [0.1, 0.15) is 29.5 Å². The lowest BCUT2D eigenvalue weighted by Gasteiger charge is -2.20. The van der Waals surface area contributed by atoms with Crippen molar-refractivity contribution < 1.29 is 9.59 Å². The predicted molar refractivity (Wildman–Crippen MR) is 68.0 cm³/mol. The molecule has 2 amide bonds. The zero-order valence-electron chi connectivity index (χ0n) is 10.9. The Balaban J connectivity index is 2.88. The smallest absolute Gasteiger partial charge is 0.276 e. The number of carbonyl (C=O) groups is 2. The van der Waals surface area contributed by atoms with Crippen LogP contribution in [-0.4, -0.2) is 47.0 Å². The Morgan fingerprint density at radius 3 is 2.61 bits per heavy atom. The fourth-order valence-electron chi connectivity index (χ4n) is 1.53. The van der Waals surface area contributed by atoms with Crippen LogP contribution in [0.5, 0.6) is 0 Å². The van der Waals surface area contributed by atoms with Crippen molar-refractivity contribution in [1.82, 2.24) is 20.4 Å². The summed E-state index contributed by atoms with van der Waals surface area (Å²) in [5.74, 6) is -0.551. The van der Waals surface area contributed by atoms with Crippen molar-refractivity contribution >= 4 is 17.5 Å². The summed E-state index contributed by atoms with van der Waals surface area (Å²) in [6.45, 7) is 4.16. The number of nitrogens with zero attached hydrogens (tertiary/aromatic N) is 2. The number of aromatic nitrogens is 2. The van der Waals surface area contributed by atoms with Crippen LogP contribution in [-0.2, 0) is 4.79 Å². The number of rotatable bonds is 5. The van der Waals surface area contributed by atoms with E-state index in [1.165, 1.54) is 11.9 Å². The molecule has 0 aliphatic carbocycles. The van der Waals surface area contributed by atoms with E-state index in [2.05, 4.69) is 15.5 Å². The van der Waals surface area contributed by atoms with Gasteiger partial charge in [0.25, 0.3) is 5.91 Å². The Morgan fingerprint density at radius 2 is 2.17 bits per heavy atom. The van der Waals surface area contributed by atoms with Gasteiger partial charge in [0.2, 0.25) is 5.91 Å². The van der Waals surface area contributed by atoms with Crippen molar-refractivity contribution in [2.45, 2.75) is 20.3 Å². The van der Waals surface area contributed by atoms with Crippen LogP contribution in [0.4, 0.5) is 5.69 Å². The third-order valence-electron chi connectivity index (χ3n) is 2.59. The molecule has 0 aromatic carbocycles. The standard InChI is InChI=1S/C11H19N5O2/c1-4-5-16(6-8(17)13-3)11(18)10-9(12)7(2)14-15-10/h4-6,12H2,1-3H3,(H,13,17)(H,14,15). The maximum atomic E-state index is 12.2. The van der Waals surface area contributed by atoms with E-state index in [4.69, 9.17) is 5.73 Å². The highest BCUT2D eigenvalue weighted by Crippen LogP contribution is 2.14. The Labute approximate surface area is 106 Å². The molecule has 100 valence electrons. The van der Waals surface area contributed by atoms with Gasteiger partial charge in [-0.25, -0.2) is 0 Å². The van der Waals surface area contributed by atoms with Crippen molar-refractivity contribution in [3.05, 3.63) is 11.4 Å². The zero-order valence-corrected chi connectivity index (χ0v) is 10.9. The molecule has 0 saturated heterocycles. The summed E-state index contributed by atoms with van der Waals surface area (Å²) < 4.78 is 0. The second-order valence-electron chi connectivity index (χ2n) is 4.01. The number of aromatic amines is 1. The summed E-state index contributed by atoms with van der Waals surface area (Å²) >= 11 is 0. The van der Waals surface area contributed by atoms with E-state index in [0.29, 0.717) is 17.9 Å². The number of nitrogens with two attached hydrogens (primary N) is 1. The van der Waals surface area contributed by atoms with Gasteiger partial charge in [0, 0.05) is 13.6 Å². The molecule has 1 heterocycles. The first-order valence-electron chi connectivity index (χ1n) is 5.81. The van der Waals surface area contributed by atoms with Gasteiger partial charge >= 0.3 is 0 Å². The number of nitrogens with one attached hydrogen (secondary N) is 2. The molecule has 1 aromatic rings. The molecule has 18 heavy (non-hydrogen) atoms. The third kappa shape index (κ3) is 2.99. The summed E-state index contributed by atoms with van der Waals surface area (Å²) in [6, 6.07) is 0. The molecule has 7 nitrogen and oxygen atoms in total. The summed E-state index contributed by atoms with van der Waals surface area (Å²) in [4.78, 5) is 25.0. The normalized spacial score (nSPS) is 10.2. The summed E-state index contributed by atoms with van der Waals surface area (Å²) in [7, 11) is 1.53. The number of carbonyl (C=O) groups excluding carboxylic acids is 2. The summed E-state index contributed by atoms with van der Waals surface area (Å²) in [5.41, 5.74) is 6.91. The molecule has 0 unspecified atom stereocenters. The Morgan fingerprint density at radius 1 is 1.50 bits per heavy atom. The molecule has 0 radical (unpaired) electrons. The number of likely N-dealkylation sites (N-methyl/N-ethyl adjacent to an activating group) is 1. The van der Waals surface area contributed by atoms with Gasteiger partial charge in [-0.15, -0.1) is 0 Å². The molecule has 1 aromatic heterocycles. The van der Waals surface area contributed by atoms with Crippen LogP contribution in [0.25, 0.3) is 0 Å². The maximum absolute atomic E-state index is 12.2. The van der Waals surface area contributed by atoms with E-state index in [1.54, 1.807) is 6.92 Å². The number of nitrogen functional groups attached to an aromatic ring is 1. The second kappa shape index (κ2) is 6.04. The lowest BCUT2D eigenvalue weighted by molar-refractivity contribution is -0.121. The highest BCUT2D eigenvalue weighted by molar-refractivity contribution is 5.99. The Bertz CT molecular complexity index is 441.